The molecule has 3 nitrogen and oxygen atoms in total. The van der Waals surface area contributed by atoms with Gasteiger partial charge in [-0.1, -0.05) is 42.5 Å². The molecule has 3 heteroatoms. The fourth-order valence-electron chi connectivity index (χ4n) is 2.59. The topological polar surface area (TPSA) is 44.9 Å². The largest absolute Gasteiger partial charge is 0.361 e. The van der Waals surface area contributed by atoms with Crippen molar-refractivity contribution in [3.8, 4) is 0 Å². The number of benzene rings is 2. The summed E-state index contributed by atoms with van der Waals surface area (Å²) in [5.74, 6) is -0.0357. The molecule has 0 saturated heterocycles. The van der Waals surface area contributed by atoms with Crippen LogP contribution in [0.1, 0.15) is 22.8 Å². The van der Waals surface area contributed by atoms with Crippen LogP contribution in [-0.4, -0.2) is 16.9 Å². The molecule has 2 N–H and O–H groups in total. The number of aromatic amines is 1. The molecule has 3 rings (SSSR count). The zero-order chi connectivity index (χ0) is 14.7. The fraction of sp³-hybridized carbons (Fsp3) is 0.167. The first-order valence-electron chi connectivity index (χ1n) is 7.15. The van der Waals surface area contributed by atoms with E-state index < -0.39 is 0 Å². The van der Waals surface area contributed by atoms with Gasteiger partial charge >= 0.3 is 0 Å². The van der Waals surface area contributed by atoms with Crippen molar-refractivity contribution >= 4 is 16.8 Å². The second kappa shape index (κ2) is 5.83. The summed E-state index contributed by atoms with van der Waals surface area (Å²) in [5, 5.41) is 4.12. The van der Waals surface area contributed by atoms with Crippen molar-refractivity contribution in [3.05, 3.63) is 71.9 Å². The number of hydrogen-bond donors (Lipinski definition) is 2. The number of rotatable bonds is 4. The van der Waals surface area contributed by atoms with Gasteiger partial charge in [-0.3, -0.25) is 4.79 Å². The Labute approximate surface area is 124 Å². The Morgan fingerprint density at radius 1 is 1.10 bits per heavy atom. The van der Waals surface area contributed by atoms with Gasteiger partial charge < -0.3 is 10.3 Å². The molecule has 0 saturated carbocycles. The first-order chi connectivity index (χ1) is 10.2. The molecule has 1 atom stereocenters. The molecule has 1 unspecified atom stereocenters. The smallest absolute Gasteiger partial charge is 0.253 e. The molecule has 0 spiro atoms. The van der Waals surface area contributed by atoms with Crippen LogP contribution in [0.3, 0.4) is 0 Å². The lowest BCUT2D eigenvalue weighted by Gasteiger charge is -2.14. The molecular formula is C18H18N2O. The van der Waals surface area contributed by atoms with Gasteiger partial charge in [0.05, 0.1) is 11.1 Å². The number of carbonyl (C=O) groups is 1. The van der Waals surface area contributed by atoms with Crippen LogP contribution < -0.4 is 5.32 Å². The summed E-state index contributed by atoms with van der Waals surface area (Å²) in [6.07, 6.45) is 2.68. The molecule has 0 aliphatic heterocycles. The number of H-pyrrole nitrogens is 1. The lowest BCUT2D eigenvalue weighted by Crippen LogP contribution is -2.34. The van der Waals surface area contributed by atoms with Crippen molar-refractivity contribution in [2.24, 2.45) is 0 Å². The highest BCUT2D eigenvalue weighted by Gasteiger charge is 2.13. The maximum Gasteiger partial charge on any atom is 0.253 e. The molecule has 1 aromatic heterocycles. The summed E-state index contributed by atoms with van der Waals surface area (Å²) in [7, 11) is 0. The highest BCUT2D eigenvalue weighted by molar-refractivity contribution is 6.05. The van der Waals surface area contributed by atoms with E-state index in [0.717, 1.165) is 17.3 Å². The number of para-hydroxylation sites is 1. The van der Waals surface area contributed by atoms with Crippen molar-refractivity contribution < 1.29 is 4.79 Å². The maximum absolute atomic E-state index is 12.4. The Balaban J connectivity index is 1.73. The molecule has 0 aliphatic carbocycles. The van der Waals surface area contributed by atoms with Crippen LogP contribution in [0.4, 0.5) is 0 Å². The van der Waals surface area contributed by atoms with Gasteiger partial charge in [0.2, 0.25) is 0 Å². The number of amides is 1. The number of aromatic nitrogens is 1. The first kappa shape index (κ1) is 13.4. The molecule has 0 bridgehead atoms. The highest BCUT2D eigenvalue weighted by atomic mass is 16.1. The van der Waals surface area contributed by atoms with Gasteiger partial charge in [0.15, 0.2) is 0 Å². The molecule has 0 radical (unpaired) electrons. The number of carbonyl (C=O) groups excluding carboxylic acids is 1. The van der Waals surface area contributed by atoms with E-state index in [9.17, 15) is 4.79 Å². The van der Waals surface area contributed by atoms with Gasteiger partial charge in [-0.25, -0.2) is 0 Å². The lowest BCUT2D eigenvalue weighted by atomic mass is 10.1. The number of hydrogen-bond acceptors (Lipinski definition) is 1. The standard InChI is InChI=1S/C18H18N2O/c1-13(12-14-6-3-2-4-7-14)20-18(21)16-9-5-8-15-10-11-19-17(15)16/h2-11,13,19H,12H2,1H3,(H,20,21). The molecule has 106 valence electrons. The molecule has 0 fully saturated rings. The Hall–Kier alpha value is -2.55. The van der Waals surface area contributed by atoms with Crippen molar-refractivity contribution in [3.63, 3.8) is 0 Å². The Kier molecular flexibility index (Phi) is 3.73. The minimum Gasteiger partial charge on any atom is -0.361 e. The summed E-state index contributed by atoms with van der Waals surface area (Å²) in [6, 6.07) is 18.0. The van der Waals surface area contributed by atoms with Gasteiger partial charge in [0.1, 0.15) is 0 Å². The average molecular weight is 278 g/mol. The summed E-state index contributed by atoms with van der Waals surface area (Å²) in [4.78, 5) is 15.6. The van der Waals surface area contributed by atoms with Gasteiger partial charge in [0.25, 0.3) is 5.91 Å². The van der Waals surface area contributed by atoms with Crippen LogP contribution in [0, 0.1) is 0 Å². The van der Waals surface area contributed by atoms with E-state index in [1.807, 2.05) is 55.6 Å². The normalized spacial score (nSPS) is 12.2. The lowest BCUT2D eigenvalue weighted by molar-refractivity contribution is 0.0941. The predicted octanol–water partition coefficient (Wildman–Crippen LogP) is 3.53. The summed E-state index contributed by atoms with van der Waals surface area (Å²) < 4.78 is 0. The Morgan fingerprint density at radius 3 is 2.71 bits per heavy atom. The Morgan fingerprint density at radius 2 is 1.90 bits per heavy atom. The maximum atomic E-state index is 12.4. The van der Waals surface area contributed by atoms with Gasteiger partial charge in [-0.15, -0.1) is 0 Å². The van der Waals surface area contributed by atoms with Gasteiger partial charge in [-0.05, 0) is 31.0 Å². The van der Waals surface area contributed by atoms with E-state index in [0.29, 0.717) is 5.56 Å². The third kappa shape index (κ3) is 2.97. The third-order valence-electron chi connectivity index (χ3n) is 3.59. The van der Waals surface area contributed by atoms with Gasteiger partial charge in [-0.2, -0.15) is 0 Å². The molecular weight excluding hydrogens is 260 g/mol. The zero-order valence-corrected chi connectivity index (χ0v) is 12.0. The van der Waals surface area contributed by atoms with E-state index in [-0.39, 0.29) is 11.9 Å². The molecule has 0 aliphatic rings. The Bertz CT molecular complexity index is 746. The van der Waals surface area contributed by atoms with Crippen molar-refractivity contribution in [2.45, 2.75) is 19.4 Å². The van der Waals surface area contributed by atoms with Crippen LogP contribution in [-0.2, 0) is 6.42 Å². The minimum absolute atomic E-state index is 0.0357. The van der Waals surface area contributed by atoms with Crippen molar-refractivity contribution in [1.29, 1.82) is 0 Å². The second-order valence-corrected chi connectivity index (χ2v) is 5.31. The average Bonchev–Trinajstić information content (AvgIpc) is 2.96. The second-order valence-electron chi connectivity index (χ2n) is 5.31. The van der Waals surface area contributed by atoms with Crippen LogP contribution >= 0.6 is 0 Å². The summed E-state index contributed by atoms with van der Waals surface area (Å²) in [6.45, 7) is 2.03. The SMILES string of the molecule is CC(Cc1ccccc1)NC(=O)c1cccc2cc[nH]c12. The first-order valence-corrected chi connectivity index (χ1v) is 7.15. The monoisotopic (exact) mass is 278 g/mol. The van der Waals surface area contributed by atoms with E-state index in [1.54, 1.807) is 0 Å². The fourth-order valence-corrected chi connectivity index (χ4v) is 2.59. The van der Waals surface area contributed by atoms with Gasteiger partial charge in [0, 0.05) is 17.6 Å². The summed E-state index contributed by atoms with van der Waals surface area (Å²) in [5.41, 5.74) is 2.81. The summed E-state index contributed by atoms with van der Waals surface area (Å²) >= 11 is 0. The van der Waals surface area contributed by atoms with Crippen LogP contribution in [0.2, 0.25) is 0 Å². The minimum atomic E-state index is -0.0357. The third-order valence-corrected chi connectivity index (χ3v) is 3.59. The van der Waals surface area contributed by atoms with E-state index in [2.05, 4.69) is 22.4 Å². The highest BCUT2D eigenvalue weighted by Crippen LogP contribution is 2.17. The quantitative estimate of drug-likeness (QED) is 0.753. The number of fused-ring (bicyclic) bond motifs is 1. The molecule has 3 aromatic rings. The number of nitrogens with one attached hydrogen (secondary N) is 2. The van der Waals surface area contributed by atoms with Crippen molar-refractivity contribution in [1.82, 2.24) is 10.3 Å². The zero-order valence-electron chi connectivity index (χ0n) is 12.0. The van der Waals surface area contributed by atoms with Crippen LogP contribution in [0.25, 0.3) is 10.9 Å². The van der Waals surface area contributed by atoms with Crippen LogP contribution in [0.5, 0.6) is 0 Å². The molecule has 1 heterocycles. The molecule has 1 amide bonds. The van der Waals surface area contributed by atoms with E-state index in [4.69, 9.17) is 0 Å². The van der Waals surface area contributed by atoms with E-state index in [1.165, 1.54) is 5.56 Å². The van der Waals surface area contributed by atoms with E-state index >= 15 is 0 Å². The predicted molar refractivity (Wildman–Crippen MR) is 85.4 cm³/mol. The molecule has 2 aromatic carbocycles. The molecule has 21 heavy (non-hydrogen) atoms. The van der Waals surface area contributed by atoms with Crippen molar-refractivity contribution in [2.75, 3.05) is 0 Å². The van der Waals surface area contributed by atoms with Crippen LogP contribution in [0.15, 0.2) is 60.8 Å².